The highest BCUT2D eigenvalue weighted by molar-refractivity contribution is 8.00. The van der Waals surface area contributed by atoms with Gasteiger partial charge in [-0.3, -0.25) is 4.79 Å². The van der Waals surface area contributed by atoms with E-state index in [1.54, 1.807) is 55.6 Å². The van der Waals surface area contributed by atoms with Gasteiger partial charge in [-0.2, -0.15) is 4.68 Å². The van der Waals surface area contributed by atoms with Crippen molar-refractivity contribution in [1.29, 1.82) is 0 Å². The number of phenols is 1. The second-order valence-corrected chi connectivity index (χ2v) is 6.55. The largest absolute Gasteiger partial charge is 0.508 e. The van der Waals surface area contributed by atoms with Gasteiger partial charge in [0, 0.05) is 5.56 Å². The first-order valence-corrected chi connectivity index (χ1v) is 8.39. The van der Waals surface area contributed by atoms with Crippen LogP contribution in [0.1, 0.15) is 17.3 Å². The number of ether oxygens (including phenoxy) is 1. The van der Waals surface area contributed by atoms with Crippen LogP contribution in [0.2, 0.25) is 0 Å². The number of thioether (sulfide) groups is 1. The van der Waals surface area contributed by atoms with E-state index in [0.717, 1.165) is 0 Å². The second-order valence-electron chi connectivity index (χ2n) is 5.24. The van der Waals surface area contributed by atoms with Gasteiger partial charge in [0.05, 0.1) is 18.0 Å². The monoisotopic (exact) mass is 356 g/mol. The molecule has 1 atom stereocenters. The summed E-state index contributed by atoms with van der Waals surface area (Å²) in [6.45, 7) is 1.81. The topological polar surface area (TPSA) is 90.1 Å². The van der Waals surface area contributed by atoms with E-state index in [-0.39, 0.29) is 16.8 Å². The molecule has 0 aliphatic heterocycles. The molecule has 0 radical (unpaired) electrons. The van der Waals surface area contributed by atoms with Gasteiger partial charge in [0.1, 0.15) is 11.5 Å². The number of ketones is 1. The number of tetrazole rings is 1. The summed E-state index contributed by atoms with van der Waals surface area (Å²) in [5.74, 6) is 0.843. The SMILES string of the molecule is COc1ccc(C(=O)C(C)Sc2nnnn2-c2ccc(O)cc2)cc1. The highest BCUT2D eigenvalue weighted by Gasteiger charge is 2.20. The lowest BCUT2D eigenvalue weighted by atomic mass is 10.1. The maximum Gasteiger partial charge on any atom is 0.214 e. The minimum absolute atomic E-state index is 0.0205. The Bertz CT molecular complexity index is 862. The Kier molecular flexibility index (Phi) is 4.99. The fourth-order valence-electron chi connectivity index (χ4n) is 2.21. The highest BCUT2D eigenvalue weighted by Crippen LogP contribution is 2.26. The maximum atomic E-state index is 12.6. The van der Waals surface area contributed by atoms with Gasteiger partial charge in [-0.05, 0) is 65.9 Å². The summed E-state index contributed by atoms with van der Waals surface area (Å²) in [5.41, 5.74) is 1.30. The first-order valence-electron chi connectivity index (χ1n) is 7.51. The van der Waals surface area contributed by atoms with Crippen LogP contribution in [0, 0.1) is 0 Å². The van der Waals surface area contributed by atoms with Crippen molar-refractivity contribution in [2.24, 2.45) is 0 Å². The molecule has 0 aliphatic carbocycles. The first kappa shape index (κ1) is 17.0. The van der Waals surface area contributed by atoms with Crippen LogP contribution < -0.4 is 4.74 Å². The standard InChI is InChI=1S/C17H16N4O3S/c1-11(16(23)12-3-9-15(24-2)10-4-12)25-17-18-19-20-21(17)13-5-7-14(22)8-6-13/h3-11,22H,1-2H3. The summed E-state index contributed by atoms with van der Waals surface area (Å²) < 4.78 is 6.63. The van der Waals surface area contributed by atoms with Gasteiger partial charge in [0.25, 0.3) is 0 Å². The van der Waals surface area contributed by atoms with Crippen molar-refractivity contribution in [3.05, 3.63) is 54.1 Å². The maximum absolute atomic E-state index is 12.6. The number of Topliss-reactive ketones (excluding diaryl/α,β-unsaturated/α-hetero) is 1. The number of hydrogen-bond donors (Lipinski definition) is 1. The molecule has 7 nitrogen and oxygen atoms in total. The molecule has 128 valence electrons. The summed E-state index contributed by atoms with van der Waals surface area (Å²) in [6, 6.07) is 13.5. The molecule has 0 spiro atoms. The molecule has 1 unspecified atom stereocenters. The number of carbonyl (C=O) groups is 1. The molecule has 1 aromatic heterocycles. The molecule has 1 N–H and O–H groups in total. The van der Waals surface area contributed by atoms with Gasteiger partial charge >= 0.3 is 0 Å². The number of phenolic OH excluding ortho intramolecular Hbond substituents is 1. The van der Waals surface area contributed by atoms with Crippen LogP contribution in [0.25, 0.3) is 5.69 Å². The van der Waals surface area contributed by atoms with Crippen LogP contribution in [-0.4, -0.2) is 43.5 Å². The zero-order valence-electron chi connectivity index (χ0n) is 13.7. The van der Waals surface area contributed by atoms with Gasteiger partial charge in [0.2, 0.25) is 5.16 Å². The molecule has 0 saturated carbocycles. The number of aromatic nitrogens is 4. The Hall–Kier alpha value is -2.87. The summed E-state index contributed by atoms with van der Waals surface area (Å²) >= 11 is 1.27. The minimum Gasteiger partial charge on any atom is -0.508 e. The minimum atomic E-state index is -0.366. The van der Waals surface area contributed by atoms with E-state index < -0.39 is 0 Å². The Balaban J connectivity index is 1.77. The lowest BCUT2D eigenvalue weighted by Crippen LogP contribution is -2.14. The van der Waals surface area contributed by atoms with Gasteiger partial charge in [-0.25, -0.2) is 0 Å². The fraction of sp³-hybridized carbons (Fsp3) is 0.176. The van der Waals surface area contributed by atoms with Crippen molar-refractivity contribution in [3.8, 4) is 17.2 Å². The van der Waals surface area contributed by atoms with Crippen LogP contribution in [0.5, 0.6) is 11.5 Å². The quantitative estimate of drug-likeness (QED) is 0.536. The Morgan fingerprint density at radius 2 is 1.84 bits per heavy atom. The van der Waals surface area contributed by atoms with Crippen LogP contribution >= 0.6 is 11.8 Å². The average molecular weight is 356 g/mol. The van der Waals surface area contributed by atoms with Gasteiger partial charge in [0.15, 0.2) is 5.78 Å². The number of hydrogen-bond acceptors (Lipinski definition) is 7. The summed E-state index contributed by atoms with van der Waals surface area (Å²) in [7, 11) is 1.58. The number of carbonyl (C=O) groups excluding carboxylic acids is 1. The highest BCUT2D eigenvalue weighted by atomic mass is 32.2. The molecule has 2 aromatic carbocycles. The van der Waals surface area contributed by atoms with Crippen molar-refractivity contribution in [3.63, 3.8) is 0 Å². The van der Waals surface area contributed by atoms with Crippen molar-refractivity contribution < 1.29 is 14.6 Å². The Morgan fingerprint density at radius 1 is 1.16 bits per heavy atom. The molecule has 0 bridgehead atoms. The smallest absolute Gasteiger partial charge is 0.214 e. The zero-order chi connectivity index (χ0) is 17.8. The summed E-state index contributed by atoms with van der Waals surface area (Å²) in [4.78, 5) is 12.6. The third-order valence-electron chi connectivity index (χ3n) is 3.56. The van der Waals surface area contributed by atoms with Crippen molar-refractivity contribution >= 4 is 17.5 Å². The average Bonchev–Trinajstić information content (AvgIpc) is 3.10. The summed E-state index contributed by atoms with van der Waals surface area (Å²) in [6.07, 6.45) is 0. The molecule has 0 fully saturated rings. The molecular formula is C17H16N4O3S. The van der Waals surface area contributed by atoms with E-state index >= 15 is 0 Å². The Morgan fingerprint density at radius 3 is 2.48 bits per heavy atom. The molecule has 8 heteroatoms. The number of rotatable bonds is 6. The Labute approximate surface area is 148 Å². The lowest BCUT2D eigenvalue weighted by Gasteiger charge is -2.10. The molecule has 0 saturated heterocycles. The van der Waals surface area contributed by atoms with Crippen molar-refractivity contribution in [2.75, 3.05) is 7.11 Å². The summed E-state index contributed by atoms with van der Waals surface area (Å²) in [5, 5.41) is 21.1. The fourth-order valence-corrected chi connectivity index (χ4v) is 3.09. The third kappa shape index (κ3) is 3.80. The van der Waals surface area contributed by atoms with Crippen LogP contribution in [0.4, 0.5) is 0 Å². The number of methoxy groups -OCH3 is 1. The molecule has 0 amide bonds. The van der Waals surface area contributed by atoms with Crippen molar-refractivity contribution in [1.82, 2.24) is 20.2 Å². The molecule has 1 heterocycles. The number of nitrogens with zero attached hydrogens (tertiary/aromatic N) is 4. The van der Waals surface area contributed by atoms with Gasteiger partial charge in [-0.15, -0.1) is 5.10 Å². The molecule has 3 aromatic rings. The normalized spacial score (nSPS) is 11.9. The van der Waals surface area contributed by atoms with E-state index in [1.165, 1.54) is 16.4 Å². The predicted molar refractivity (Wildman–Crippen MR) is 93.5 cm³/mol. The molecule has 0 aliphatic rings. The van der Waals surface area contributed by atoms with Crippen LogP contribution in [0.15, 0.2) is 53.7 Å². The second kappa shape index (κ2) is 7.35. The molecular weight excluding hydrogens is 340 g/mol. The third-order valence-corrected chi connectivity index (χ3v) is 4.59. The predicted octanol–water partition coefficient (Wildman–Crippen LogP) is 2.74. The van der Waals surface area contributed by atoms with Gasteiger partial charge in [-0.1, -0.05) is 11.8 Å². The van der Waals surface area contributed by atoms with E-state index in [1.807, 2.05) is 6.92 Å². The van der Waals surface area contributed by atoms with E-state index in [0.29, 0.717) is 22.2 Å². The number of aromatic hydroxyl groups is 1. The van der Waals surface area contributed by atoms with Crippen LogP contribution in [0.3, 0.4) is 0 Å². The van der Waals surface area contributed by atoms with Gasteiger partial charge < -0.3 is 9.84 Å². The zero-order valence-corrected chi connectivity index (χ0v) is 14.5. The number of benzene rings is 2. The van der Waals surface area contributed by atoms with Crippen LogP contribution in [-0.2, 0) is 0 Å². The van der Waals surface area contributed by atoms with E-state index in [2.05, 4.69) is 15.5 Å². The molecule has 25 heavy (non-hydrogen) atoms. The van der Waals surface area contributed by atoms with E-state index in [9.17, 15) is 9.90 Å². The lowest BCUT2D eigenvalue weighted by molar-refractivity contribution is 0.0994. The van der Waals surface area contributed by atoms with E-state index in [4.69, 9.17) is 4.74 Å². The first-order chi connectivity index (χ1) is 12.1. The molecule has 3 rings (SSSR count). The van der Waals surface area contributed by atoms with Crippen molar-refractivity contribution in [2.45, 2.75) is 17.3 Å².